The van der Waals surface area contributed by atoms with Gasteiger partial charge in [-0.05, 0) is 37.8 Å². The van der Waals surface area contributed by atoms with Crippen molar-refractivity contribution in [2.75, 3.05) is 5.32 Å². The van der Waals surface area contributed by atoms with Gasteiger partial charge in [-0.15, -0.1) is 0 Å². The Labute approximate surface area is 116 Å². The number of carboxylic acid groups (broad SMARTS) is 1. The number of carbonyl (C=O) groups excluding carboxylic acids is 1. The van der Waals surface area contributed by atoms with Crippen LogP contribution in [0.25, 0.3) is 0 Å². The van der Waals surface area contributed by atoms with E-state index >= 15 is 0 Å². The van der Waals surface area contributed by atoms with Crippen LogP contribution in [0.15, 0.2) is 18.2 Å². The average Bonchev–Trinajstić information content (AvgIpc) is 2.39. The molecule has 0 saturated heterocycles. The number of hydrogen-bond acceptors (Lipinski definition) is 3. The summed E-state index contributed by atoms with van der Waals surface area (Å²) in [4.78, 5) is 23.1. The molecule has 1 fully saturated rings. The molecule has 1 aliphatic rings. The molecular formula is C14H17FN2O3. The van der Waals surface area contributed by atoms with Gasteiger partial charge in [-0.25, -0.2) is 9.18 Å². The van der Waals surface area contributed by atoms with Crippen LogP contribution in [0, 0.1) is 11.7 Å². The van der Waals surface area contributed by atoms with Gasteiger partial charge >= 0.3 is 5.97 Å². The van der Waals surface area contributed by atoms with Crippen molar-refractivity contribution in [2.45, 2.75) is 31.7 Å². The van der Waals surface area contributed by atoms with E-state index in [-0.39, 0.29) is 23.6 Å². The van der Waals surface area contributed by atoms with Gasteiger partial charge in [0.2, 0.25) is 5.91 Å². The largest absolute Gasteiger partial charge is 0.478 e. The lowest BCUT2D eigenvalue weighted by atomic mass is 9.86. The first-order valence-corrected chi connectivity index (χ1v) is 6.57. The number of carboxylic acids is 1. The number of benzene rings is 1. The summed E-state index contributed by atoms with van der Waals surface area (Å²) >= 11 is 0. The Morgan fingerprint density at radius 1 is 1.25 bits per heavy atom. The van der Waals surface area contributed by atoms with Gasteiger partial charge in [0.05, 0.1) is 5.69 Å². The Bertz CT molecular complexity index is 525. The minimum Gasteiger partial charge on any atom is -0.478 e. The maximum Gasteiger partial charge on any atom is 0.340 e. The first-order valence-electron chi connectivity index (χ1n) is 6.57. The fraction of sp³-hybridized carbons (Fsp3) is 0.429. The van der Waals surface area contributed by atoms with Crippen molar-refractivity contribution in [2.24, 2.45) is 11.7 Å². The molecule has 0 unspecified atom stereocenters. The Hall–Kier alpha value is -1.95. The SMILES string of the molecule is NC1CCC(C(=O)Nc2cccc(F)c2C(=O)O)CC1. The summed E-state index contributed by atoms with van der Waals surface area (Å²) in [7, 11) is 0. The van der Waals surface area contributed by atoms with Gasteiger partial charge < -0.3 is 16.2 Å². The summed E-state index contributed by atoms with van der Waals surface area (Å²) in [6.07, 6.45) is 2.88. The fourth-order valence-corrected chi connectivity index (χ4v) is 2.46. The first-order chi connectivity index (χ1) is 9.49. The van der Waals surface area contributed by atoms with E-state index in [0.717, 1.165) is 18.9 Å². The van der Waals surface area contributed by atoms with Crippen molar-refractivity contribution >= 4 is 17.6 Å². The molecule has 1 saturated carbocycles. The zero-order valence-electron chi connectivity index (χ0n) is 10.9. The van der Waals surface area contributed by atoms with Gasteiger partial charge in [0, 0.05) is 12.0 Å². The second kappa shape index (κ2) is 6.00. The molecule has 108 valence electrons. The second-order valence-corrected chi connectivity index (χ2v) is 5.07. The zero-order valence-corrected chi connectivity index (χ0v) is 10.9. The number of amides is 1. The topological polar surface area (TPSA) is 92.4 Å². The molecule has 20 heavy (non-hydrogen) atoms. The van der Waals surface area contributed by atoms with E-state index in [0.29, 0.717) is 12.8 Å². The standard InChI is InChI=1S/C14H17FN2O3/c15-10-2-1-3-11(12(10)14(19)20)17-13(18)8-4-6-9(16)7-5-8/h1-3,8-9H,4-7,16H2,(H,17,18)(H,19,20). The molecule has 0 atom stereocenters. The van der Waals surface area contributed by atoms with Gasteiger partial charge in [-0.1, -0.05) is 6.07 Å². The highest BCUT2D eigenvalue weighted by molar-refractivity contribution is 6.01. The molecule has 0 spiro atoms. The molecule has 0 bridgehead atoms. The number of aromatic carboxylic acids is 1. The van der Waals surface area contributed by atoms with Gasteiger partial charge in [-0.3, -0.25) is 4.79 Å². The highest BCUT2D eigenvalue weighted by atomic mass is 19.1. The van der Waals surface area contributed by atoms with Crippen LogP contribution < -0.4 is 11.1 Å². The molecule has 4 N–H and O–H groups in total. The molecule has 0 aromatic heterocycles. The van der Waals surface area contributed by atoms with E-state index in [1.165, 1.54) is 12.1 Å². The molecule has 1 aromatic carbocycles. The zero-order chi connectivity index (χ0) is 14.7. The van der Waals surface area contributed by atoms with Crippen LogP contribution in [-0.4, -0.2) is 23.0 Å². The van der Waals surface area contributed by atoms with Crippen molar-refractivity contribution < 1.29 is 19.1 Å². The number of anilines is 1. The normalized spacial score (nSPS) is 22.3. The molecule has 0 heterocycles. The summed E-state index contributed by atoms with van der Waals surface area (Å²) in [5.74, 6) is -2.73. The molecule has 6 heteroatoms. The minimum absolute atomic E-state index is 0.00243. The van der Waals surface area contributed by atoms with Crippen LogP contribution in [0.3, 0.4) is 0 Å². The number of hydrogen-bond donors (Lipinski definition) is 3. The van der Waals surface area contributed by atoms with E-state index < -0.39 is 17.3 Å². The van der Waals surface area contributed by atoms with Crippen LogP contribution in [0.2, 0.25) is 0 Å². The minimum atomic E-state index is -1.40. The van der Waals surface area contributed by atoms with Crippen molar-refractivity contribution in [3.8, 4) is 0 Å². The summed E-state index contributed by atoms with van der Waals surface area (Å²) in [5, 5.41) is 11.5. The predicted molar refractivity (Wildman–Crippen MR) is 71.9 cm³/mol. The smallest absolute Gasteiger partial charge is 0.340 e. The van der Waals surface area contributed by atoms with Gasteiger partial charge in [0.25, 0.3) is 0 Å². The van der Waals surface area contributed by atoms with Gasteiger partial charge in [-0.2, -0.15) is 0 Å². The highest BCUT2D eigenvalue weighted by Gasteiger charge is 2.26. The average molecular weight is 280 g/mol. The number of carbonyl (C=O) groups is 2. The third-order valence-electron chi connectivity index (χ3n) is 3.63. The predicted octanol–water partition coefficient (Wildman–Crippen LogP) is 1.98. The van der Waals surface area contributed by atoms with Crippen molar-refractivity contribution in [3.63, 3.8) is 0 Å². The van der Waals surface area contributed by atoms with E-state index in [4.69, 9.17) is 10.8 Å². The summed E-state index contributed by atoms with van der Waals surface area (Å²) in [6.45, 7) is 0. The molecule has 0 aliphatic heterocycles. The summed E-state index contributed by atoms with van der Waals surface area (Å²) in [6, 6.07) is 3.94. The van der Waals surface area contributed by atoms with Crippen molar-refractivity contribution in [3.05, 3.63) is 29.6 Å². The third kappa shape index (κ3) is 3.14. The maximum absolute atomic E-state index is 13.5. The Balaban J connectivity index is 2.12. The number of nitrogens with two attached hydrogens (primary N) is 1. The van der Waals surface area contributed by atoms with E-state index in [2.05, 4.69) is 5.32 Å². The Morgan fingerprint density at radius 3 is 2.50 bits per heavy atom. The molecule has 1 aliphatic carbocycles. The molecule has 1 amide bonds. The van der Waals surface area contributed by atoms with Crippen molar-refractivity contribution in [1.82, 2.24) is 0 Å². The fourth-order valence-electron chi connectivity index (χ4n) is 2.46. The molecule has 2 rings (SSSR count). The number of nitrogens with one attached hydrogen (secondary N) is 1. The van der Waals surface area contributed by atoms with Gasteiger partial charge in [0.1, 0.15) is 11.4 Å². The summed E-state index contributed by atoms with van der Waals surface area (Å²) < 4.78 is 13.5. The Morgan fingerprint density at radius 2 is 1.90 bits per heavy atom. The van der Waals surface area contributed by atoms with Crippen LogP contribution in [0.4, 0.5) is 10.1 Å². The van der Waals surface area contributed by atoms with Gasteiger partial charge in [0.15, 0.2) is 0 Å². The van der Waals surface area contributed by atoms with Crippen LogP contribution >= 0.6 is 0 Å². The van der Waals surface area contributed by atoms with Crippen LogP contribution in [0.1, 0.15) is 36.0 Å². The molecule has 1 aromatic rings. The summed E-state index contributed by atoms with van der Waals surface area (Å²) in [5.41, 5.74) is 5.27. The van der Waals surface area contributed by atoms with E-state index in [1.807, 2.05) is 0 Å². The van der Waals surface area contributed by atoms with Crippen LogP contribution in [-0.2, 0) is 4.79 Å². The maximum atomic E-state index is 13.5. The van der Waals surface area contributed by atoms with E-state index in [9.17, 15) is 14.0 Å². The lowest BCUT2D eigenvalue weighted by Gasteiger charge is -2.25. The lowest BCUT2D eigenvalue weighted by Crippen LogP contribution is -2.32. The van der Waals surface area contributed by atoms with E-state index in [1.54, 1.807) is 0 Å². The monoisotopic (exact) mass is 280 g/mol. The number of rotatable bonds is 3. The van der Waals surface area contributed by atoms with Crippen molar-refractivity contribution in [1.29, 1.82) is 0 Å². The second-order valence-electron chi connectivity index (χ2n) is 5.07. The highest BCUT2D eigenvalue weighted by Crippen LogP contribution is 2.26. The molecule has 0 radical (unpaired) electrons. The lowest BCUT2D eigenvalue weighted by molar-refractivity contribution is -0.120. The molecular weight excluding hydrogens is 263 g/mol. The molecule has 5 nitrogen and oxygen atoms in total. The number of halogens is 1. The first kappa shape index (κ1) is 14.5. The quantitative estimate of drug-likeness (QED) is 0.789. The van der Waals surface area contributed by atoms with Crippen LogP contribution in [0.5, 0.6) is 0 Å². The third-order valence-corrected chi connectivity index (χ3v) is 3.63. The Kier molecular flexibility index (Phi) is 4.34.